The van der Waals surface area contributed by atoms with Gasteiger partial charge in [0.2, 0.25) is 12.0 Å². The highest BCUT2D eigenvalue weighted by atomic mass is 16.6. The third kappa shape index (κ3) is 2.81. The first-order chi connectivity index (χ1) is 13.2. The number of ether oxygens (including phenoxy) is 2. The third-order valence-corrected chi connectivity index (χ3v) is 5.34. The van der Waals surface area contributed by atoms with Crippen molar-refractivity contribution in [3.05, 3.63) is 47.5 Å². The fourth-order valence-electron chi connectivity index (χ4n) is 4.10. The maximum Gasteiger partial charge on any atom is 0.269 e. The van der Waals surface area contributed by atoms with Crippen molar-refractivity contribution in [2.75, 3.05) is 23.4 Å². The Balaban J connectivity index is 1.37. The van der Waals surface area contributed by atoms with Gasteiger partial charge < -0.3 is 19.7 Å². The van der Waals surface area contributed by atoms with E-state index in [1.54, 1.807) is 6.07 Å². The molecule has 6 nitrogen and oxygen atoms in total. The first-order valence-electron chi connectivity index (χ1n) is 9.34. The van der Waals surface area contributed by atoms with Gasteiger partial charge >= 0.3 is 0 Å². The normalized spacial score (nSPS) is 20.1. The first-order valence-corrected chi connectivity index (χ1v) is 9.34. The summed E-state index contributed by atoms with van der Waals surface area (Å²) in [5.74, 6) is 1.21. The largest absolute Gasteiger partial charge is 0.485 e. The molecule has 0 fully saturated rings. The molecule has 1 atom stereocenters. The van der Waals surface area contributed by atoms with Gasteiger partial charge in [0.15, 0.2) is 11.5 Å². The quantitative estimate of drug-likeness (QED) is 0.890. The minimum Gasteiger partial charge on any atom is -0.485 e. The Kier molecular flexibility index (Phi) is 3.77. The first kappa shape index (κ1) is 16.2. The van der Waals surface area contributed by atoms with E-state index in [0.29, 0.717) is 17.9 Å². The lowest BCUT2D eigenvalue weighted by Gasteiger charge is -2.35. The van der Waals surface area contributed by atoms with Gasteiger partial charge in [0.05, 0.1) is 5.69 Å². The molecule has 27 heavy (non-hydrogen) atoms. The van der Waals surface area contributed by atoms with Crippen LogP contribution in [0.5, 0.6) is 11.5 Å². The van der Waals surface area contributed by atoms with E-state index < -0.39 is 6.10 Å². The van der Waals surface area contributed by atoms with E-state index in [1.165, 1.54) is 0 Å². The summed E-state index contributed by atoms with van der Waals surface area (Å²) in [6.45, 7) is 0.972. The predicted molar refractivity (Wildman–Crippen MR) is 100 cm³/mol. The van der Waals surface area contributed by atoms with Gasteiger partial charge in [-0.3, -0.25) is 9.59 Å². The van der Waals surface area contributed by atoms with Crippen LogP contribution < -0.4 is 19.7 Å². The Bertz CT molecular complexity index is 923. The van der Waals surface area contributed by atoms with E-state index in [1.807, 2.05) is 35.2 Å². The number of fused-ring (bicyclic) bond motifs is 1. The number of carbonyl (C=O) groups is 2. The molecular formula is C21H20N2O4. The zero-order chi connectivity index (χ0) is 18.4. The van der Waals surface area contributed by atoms with Crippen LogP contribution >= 0.6 is 0 Å². The number of aryl methyl sites for hydroxylation is 2. The molecule has 0 aromatic heterocycles. The fourth-order valence-corrected chi connectivity index (χ4v) is 4.10. The van der Waals surface area contributed by atoms with E-state index in [0.717, 1.165) is 48.3 Å². The Labute approximate surface area is 157 Å². The van der Waals surface area contributed by atoms with Gasteiger partial charge in [0, 0.05) is 18.7 Å². The van der Waals surface area contributed by atoms with Crippen molar-refractivity contribution in [2.45, 2.75) is 31.8 Å². The summed E-state index contributed by atoms with van der Waals surface area (Å²) in [7, 11) is 0. The lowest BCUT2D eigenvalue weighted by molar-refractivity contribution is -0.125. The second kappa shape index (κ2) is 6.30. The Morgan fingerprint density at radius 3 is 2.70 bits per heavy atom. The minimum absolute atomic E-state index is 0.183. The number of benzene rings is 2. The molecule has 3 aliphatic heterocycles. The van der Waals surface area contributed by atoms with Gasteiger partial charge in [0.25, 0.3) is 5.91 Å². The Morgan fingerprint density at radius 1 is 1.07 bits per heavy atom. The smallest absolute Gasteiger partial charge is 0.269 e. The van der Waals surface area contributed by atoms with E-state index in [4.69, 9.17) is 9.47 Å². The molecule has 5 rings (SSSR count). The van der Waals surface area contributed by atoms with Crippen LogP contribution in [0.15, 0.2) is 36.4 Å². The van der Waals surface area contributed by atoms with Crippen molar-refractivity contribution in [2.24, 2.45) is 0 Å². The number of amides is 2. The molecule has 2 aromatic rings. The van der Waals surface area contributed by atoms with E-state index in [2.05, 4.69) is 5.32 Å². The molecule has 0 aliphatic carbocycles. The molecule has 1 unspecified atom stereocenters. The summed E-state index contributed by atoms with van der Waals surface area (Å²) in [4.78, 5) is 26.8. The molecule has 138 valence electrons. The Morgan fingerprint density at radius 2 is 1.85 bits per heavy atom. The molecule has 6 heteroatoms. The zero-order valence-corrected chi connectivity index (χ0v) is 14.9. The molecule has 0 bridgehead atoms. The second-order valence-corrected chi connectivity index (χ2v) is 7.15. The Hall–Kier alpha value is -3.02. The average molecular weight is 364 g/mol. The number of rotatable bonds is 2. The van der Waals surface area contributed by atoms with Crippen molar-refractivity contribution in [1.29, 1.82) is 0 Å². The van der Waals surface area contributed by atoms with Crippen LogP contribution in [-0.4, -0.2) is 31.1 Å². The molecule has 0 spiro atoms. The summed E-state index contributed by atoms with van der Waals surface area (Å²) in [6.07, 6.45) is 2.43. The maximum atomic E-state index is 12.7. The molecule has 0 saturated carbocycles. The minimum atomic E-state index is -0.689. The van der Waals surface area contributed by atoms with Gasteiger partial charge in [-0.15, -0.1) is 0 Å². The van der Waals surface area contributed by atoms with Crippen LogP contribution in [-0.2, 0) is 22.4 Å². The van der Waals surface area contributed by atoms with E-state index in [9.17, 15) is 9.59 Å². The van der Waals surface area contributed by atoms with Crippen LogP contribution in [0.3, 0.4) is 0 Å². The molecular weight excluding hydrogens is 344 g/mol. The highest BCUT2D eigenvalue weighted by Gasteiger charge is 2.31. The van der Waals surface area contributed by atoms with Gasteiger partial charge in [-0.1, -0.05) is 12.1 Å². The molecule has 2 aromatic carbocycles. The summed E-state index contributed by atoms with van der Waals surface area (Å²) in [5.41, 5.74) is 4.08. The number of hydrogen-bond acceptors (Lipinski definition) is 4. The number of para-hydroxylation sites is 2. The van der Waals surface area contributed by atoms with E-state index >= 15 is 0 Å². The topological polar surface area (TPSA) is 67.9 Å². The molecule has 1 N–H and O–H groups in total. The fraction of sp³-hybridized carbons (Fsp3) is 0.333. The summed E-state index contributed by atoms with van der Waals surface area (Å²) in [5, 5.41) is 2.97. The SMILES string of the molecule is O=C(Nc1cc2c3c(c1)CCC(=O)N3CCC2)C1COc2ccccc2O1. The lowest BCUT2D eigenvalue weighted by atomic mass is 9.91. The van der Waals surface area contributed by atoms with Gasteiger partial charge in [0.1, 0.15) is 6.61 Å². The number of hydrogen-bond donors (Lipinski definition) is 1. The summed E-state index contributed by atoms with van der Waals surface area (Å²) in [6, 6.07) is 11.3. The summed E-state index contributed by atoms with van der Waals surface area (Å²) < 4.78 is 11.4. The molecule has 3 aliphatic rings. The van der Waals surface area contributed by atoms with Crippen molar-refractivity contribution >= 4 is 23.2 Å². The number of nitrogens with zero attached hydrogens (tertiary/aromatic N) is 1. The van der Waals surface area contributed by atoms with Crippen molar-refractivity contribution in [3.63, 3.8) is 0 Å². The van der Waals surface area contributed by atoms with Crippen LogP contribution in [0, 0.1) is 0 Å². The van der Waals surface area contributed by atoms with Crippen LogP contribution in [0.1, 0.15) is 24.0 Å². The molecule has 0 saturated heterocycles. The van der Waals surface area contributed by atoms with Gasteiger partial charge in [-0.2, -0.15) is 0 Å². The van der Waals surface area contributed by atoms with Gasteiger partial charge in [-0.05, 0) is 54.7 Å². The van der Waals surface area contributed by atoms with Crippen molar-refractivity contribution < 1.29 is 19.1 Å². The molecule has 2 amide bonds. The number of anilines is 2. The summed E-state index contributed by atoms with van der Waals surface area (Å²) >= 11 is 0. The standard InChI is InChI=1S/C21H20N2O4/c24-19-8-7-14-11-15(10-13-4-3-9-23(19)20(13)14)22-21(25)18-12-26-16-5-1-2-6-17(16)27-18/h1-2,5-6,10-11,18H,3-4,7-9,12H2,(H,22,25). The third-order valence-electron chi connectivity index (χ3n) is 5.34. The second-order valence-electron chi connectivity index (χ2n) is 7.15. The highest BCUT2D eigenvalue weighted by Crippen LogP contribution is 2.38. The van der Waals surface area contributed by atoms with Crippen molar-refractivity contribution in [1.82, 2.24) is 0 Å². The predicted octanol–water partition coefficient (Wildman–Crippen LogP) is 2.69. The number of nitrogens with one attached hydrogen (secondary N) is 1. The van der Waals surface area contributed by atoms with Crippen LogP contribution in [0.4, 0.5) is 11.4 Å². The molecule has 3 heterocycles. The zero-order valence-electron chi connectivity index (χ0n) is 14.9. The van der Waals surface area contributed by atoms with Crippen molar-refractivity contribution in [3.8, 4) is 11.5 Å². The number of carbonyl (C=O) groups excluding carboxylic acids is 2. The average Bonchev–Trinajstić information content (AvgIpc) is 2.70. The van der Waals surface area contributed by atoms with E-state index in [-0.39, 0.29) is 18.4 Å². The monoisotopic (exact) mass is 364 g/mol. The highest BCUT2D eigenvalue weighted by molar-refractivity contribution is 5.99. The van der Waals surface area contributed by atoms with Crippen LogP contribution in [0.25, 0.3) is 0 Å². The van der Waals surface area contributed by atoms with Crippen LogP contribution in [0.2, 0.25) is 0 Å². The maximum absolute atomic E-state index is 12.7. The lowest BCUT2D eigenvalue weighted by Crippen LogP contribution is -2.41. The molecule has 0 radical (unpaired) electrons. The van der Waals surface area contributed by atoms with Gasteiger partial charge in [-0.25, -0.2) is 0 Å².